The maximum absolute atomic E-state index is 12.3. The first kappa shape index (κ1) is 20.3. The predicted molar refractivity (Wildman–Crippen MR) is 111 cm³/mol. The van der Waals surface area contributed by atoms with Crippen molar-refractivity contribution in [2.75, 3.05) is 7.11 Å². The number of benzene rings is 2. The van der Waals surface area contributed by atoms with Crippen LogP contribution in [0.3, 0.4) is 0 Å². The van der Waals surface area contributed by atoms with Gasteiger partial charge >= 0.3 is 0 Å². The highest BCUT2D eigenvalue weighted by atomic mass is 35.5. The molecule has 0 aliphatic heterocycles. The third-order valence-corrected chi connectivity index (χ3v) is 4.89. The Morgan fingerprint density at radius 1 is 1.11 bits per heavy atom. The van der Waals surface area contributed by atoms with Gasteiger partial charge in [0, 0.05) is 29.4 Å². The number of rotatable bonds is 7. The van der Waals surface area contributed by atoms with Crippen LogP contribution in [-0.2, 0) is 24.4 Å². The van der Waals surface area contributed by atoms with E-state index in [-0.39, 0.29) is 12.1 Å². The summed E-state index contributed by atoms with van der Waals surface area (Å²) < 4.78 is 29.3. The molecule has 0 radical (unpaired) electrons. The summed E-state index contributed by atoms with van der Waals surface area (Å²) in [6.07, 6.45) is 1.79. The van der Waals surface area contributed by atoms with E-state index in [1.165, 1.54) is 6.07 Å². The minimum absolute atomic E-state index is 0.107. The van der Waals surface area contributed by atoms with Crippen molar-refractivity contribution < 1.29 is 13.5 Å². The molecule has 0 spiro atoms. The van der Waals surface area contributed by atoms with Crippen LogP contribution in [-0.4, -0.2) is 20.4 Å². The van der Waals surface area contributed by atoms with Gasteiger partial charge in [0.05, 0.1) is 13.7 Å². The Balaban J connectivity index is 1.93. The Morgan fingerprint density at radius 3 is 2.50 bits per heavy atom. The standard InChI is InChI=1S/C20H19ClN2O4S/c1-27-19-8-4-15(10-17(19)11-22-28(25)26)16-5-9-20(24)23(13-16)12-14-2-6-18(21)7-3-14/h2-10,13,22H,11-12H2,1H3,(H,25,26). The quantitative estimate of drug-likeness (QED) is 0.576. The minimum atomic E-state index is -2.12. The molecular formula is C20H19ClN2O4S. The molecular weight excluding hydrogens is 400 g/mol. The summed E-state index contributed by atoms with van der Waals surface area (Å²) in [6, 6.07) is 16.2. The number of halogens is 1. The van der Waals surface area contributed by atoms with E-state index in [9.17, 15) is 9.00 Å². The molecule has 1 aromatic heterocycles. The molecule has 1 atom stereocenters. The summed E-state index contributed by atoms with van der Waals surface area (Å²) in [4.78, 5) is 12.3. The van der Waals surface area contributed by atoms with Crippen LogP contribution in [0.2, 0.25) is 5.02 Å². The molecule has 3 aromatic rings. The summed E-state index contributed by atoms with van der Waals surface area (Å²) in [5, 5.41) is 0.646. The van der Waals surface area contributed by atoms with Crippen LogP contribution in [0.4, 0.5) is 0 Å². The van der Waals surface area contributed by atoms with Crippen molar-refractivity contribution in [2.45, 2.75) is 13.1 Å². The van der Waals surface area contributed by atoms with Crippen LogP contribution >= 0.6 is 11.6 Å². The lowest BCUT2D eigenvalue weighted by Gasteiger charge is -2.12. The highest BCUT2D eigenvalue weighted by molar-refractivity contribution is 7.77. The van der Waals surface area contributed by atoms with E-state index < -0.39 is 11.3 Å². The summed E-state index contributed by atoms with van der Waals surface area (Å²) in [6.45, 7) is 0.600. The maximum Gasteiger partial charge on any atom is 0.250 e. The lowest BCUT2D eigenvalue weighted by Crippen LogP contribution is -2.19. The smallest absolute Gasteiger partial charge is 0.250 e. The molecule has 0 amide bonds. The average Bonchev–Trinajstić information content (AvgIpc) is 2.69. The van der Waals surface area contributed by atoms with E-state index >= 15 is 0 Å². The van der Waals surface area contributed by atoms with E-state index in [2.05, 4.69) is 4.72 Å². The summed E-state index contributed by atoms with van der Waals surface area (Å²) in [5.41, 5.74) is 3.31. The Kier molecular flexibility index (Phi) is 6.64. The number of aromatic nitrogens is 1. The Bertz CT molecular complexity index is 1050. The van der Waals surface area contributed by atoms with E-state index in [0.29, 0.717) is 17.3 Å². The maximum atomic E-state index is 12.3. The molecule has 2 N–H and O–H groups in total. The SMILES string of the molecule is COc1ccc(-c2ccc(=O)n(Cc3ccc(Cl)cc3)c2)cc1CNS(=O)O. The van der Waals surface area contributed by atoms with Crippen LogP contribution < -0.4 is 15.0 Å². The van der Waals surface area contributed by atoms with Crippen LogP contribution in [0.1, 0.15) is 11.1 Å². The number of hydrogen-bond donors (Lipinski definition) is 2. The van der Waals surface area contributed by atoms with Crippen LogP contribution in [0.5, 0.6) is 5.75 Å². The zero-order valence-electron chi connectivity index (χ0n) is 15.1. The molecule has 1 unspecified atom stereocenters. The molecule has 0 saturated carbocycles. The van der Waals surface area contributed by atoms with E-state index in [4.69, 9.17) is 20.9 Å². The first-order valence-electron chi connectivity index (χ1n) is 8.43. The van der Waals surface area contributed by atoms with Gasteiger partial charge in [-0.2, -0.15) is 0 Å². The van der Waals surface area contributed by atoms with E-state index in [0.717, 1.165) is 22.3 Å². The van der Waals surface area contributed by atoms with Crippen molar-refractivity contribution in [1.29, 1.82) is 0 Å². The molecule has 3 rings (SSSR count). The summed E-state index contributed by atoms with van der Waals surface area (Å²) in [7, 11) is 1.54. The number of pyridine rings is 1. The fraction of sp³-hybridized carbons (Fsp3) is 0.150. The molecule has 0 aliphatic carbocycles. The van der Waals surface area contributed by atoms with Crippen LogP contribution in [0.15, 0.2) is 65.6 Å². The molecule has 2 aromatic carbocycles. The van der Waals surface area contributed by atoms with Gasteiger partial charge in [0.25, 0.3) is 5.56 Å². The summed E-state index contributed by atoms with van der Waals surface area (Å²) in [5.74, 6) is 0.608. The van der Waals surface area contributed by atoms with Gasteiger partial charge < -0.3 is 9.30 Å². The Morgan fingerprint density at radius 2 is 1.82 bits per heavy atom. The van der Waals surface area contributed by atoms with Crippen molar-refractivity contribution >= 4 is 22.9 Å². The van der Waals surface area contributed by atoms with Crippen LogP contribution in [0.25, 0.3) is 11.1 Å². The Labute approximate surface area is 170 Å². The van der Waals surface area contributed by atoms with Crippen molar-refractivity contribution in [1.82, 2.24) is 9.29 Å². The van der Waals surface area contributed by atoms with Gasteiger partial charge in [0.2, 0.25) is 11.3 Å². The van der Waals surface area contributed by atoms with E-state index in [1.54, 1.807) is 42.1 Å². The monoisotopic (exact) mass is 418 g/mol. The first-order valence-corrected chi connectivity index (χ1v) is 9.91. The minimum Gasteiger partial charge on any atom is -0.496 e. The number of ether oxygens (including phenoxy) is 1. The fourth-order valence-electron chi connectivity index (χ4n) is 2.85. The molecule has 0 saturated heterocycles. The highest BCUT2D eigenvalue weighted by Gasteiger charge is 2.09. The average molecular weight is 419 g/mol. The zero-order chi connectivity index (χ0) is 20.1. The van der Waals surface area contributed by atoms with Crippen molar-refractivity contribution in [3.63, 3.8) is 0 Å². The second-order valence-electron chi connectivity index (χ2n) is 6.11. The molecule has 8 heteroatoms. The van der Waals surface area contributed by atoms with Crippen molar-refractivity contribution in [3.8, 4) is 16.9 Å². The number of methoxy groups -OCH3 is 1. The zero-order valence-corrected chi connectivity index (χ0v) is 16.7. The molecule has 6 nitrogen and oxygen atoms in total. The van der Waals surface area contributed by atoms with Gasteiger partial charge in [-0.1, -0.05) is 29.8 Å². The lowest BCUT2D eigenvalue weighted by molar-refractivity contribution is 0.409. The lowest BCUT2D eigenvalue weighted by atomic mass is 10.0. The van der Waals surface area contributed by atoms with Gasteiger partial charge in [-0.05, 0) is 47.0 Å². The number of nitrogens with one attached hydrogen (secondary N) is 1. The molecule has 28 heavy (non-hydrogen) atoms. The molecule has 0 aliphatic rings. The topological polar surface area (TPSA) is 80.6 Å². The largest absolute Gasteiger partial charge is 0.496 e. The first-order chi connectivity index (χ1) is 13.5. The van der Waals surface area contributed by atoms with Gasteiger partial charge in [-0.15, -0.1) is 0 Å². The Hall–Kier alpha value is -2.45. The molecule has 146 valence electrons. The van der Waals surface area contributed by atoms with E-state index in [1.807, 2.05) is 24.3 Å². The molecule has 0 bridgehead atoms. The highest BCUT2D eigenvalue weighted by Crippen LogP contribution is 2.26. The third kappa shape index (κ3) is 5.08. The van der Waals surface area contributed by atoms with Gasteiger partial charge in [-0.25, -0.2) is 8.93 Å². The van der Waals surface area contributed by atoms with Crippen molar-refractivity contribution in [3.05, 3.63) is 87.3 Å². The predicted octanol–water partition coefficient (Wildman–Crippen LogP) is 3.45. The van der Waals surface area contributed by atoms with Crippen molar-refractivity contribution in [2.24, 2.45) is 0 Å². The van der Waals surface area contributed by atoms with Gasteiger partial charge in [-0.3, -0.25) is 9.35 Å². The fourth-order valence-corrected chi connectivity index (χ4v) is 3.25. The van der Waals surface area contributed by atoms with Gasteiger partial charge in [0.1, 0.15) is 5.75 Å². The molecule has 1 heterocycles. The van der Waals surface area contributed by atoms with Gasteiger partial charge in [0.15, 0.2) is 0 Å². The normalized spacial score (nSPS) is 12.0. The third-order valence-electron chi connectivity index (χ3n) is 4.25. The number of hydrogen-bond acceptors (Lipinski definition) is 3. The molecule has 0 fully saturated rings. The summed E-state index contributed by atoms with van der Waals surface area (Å²) >= 11 is 3.80. The second kappa shape index (κ2) is 9.16. The second-order valence-corrected chi connectivity index (χ2v) is 7.33. The number of nitrogens with zero attached hydrogens (tertiary/aromatic N) is 1. The van der Waals surface area contributed by atoms with Crippen LogP contribution in [0, 0.1) is 0 Å².